The van der Waals surface area contributed by atoms with Crippen molar-refractivity contribution < 1.29 is 19.1 Å². The summed E-state index contributed by atoms with van der Waals surface area (Å²) >= 11 is 0. The van der Waals surface area contributed by atoms with Gasteiger partial charge in [-0.05, 0) is 24.1 Å². The third-order valence-corrected chi connectivity index (χ3v) is 3.97. The van der Waals surface area contributed by atoms with Gasteiger partial charge in [-0.15, -0.1) is 0 Å². The number of carboxylic acids is 1. The molecule has 1 aromatic heterocycles. The molecular weight excluding hydrogens is 325 g/mol. The number of aromatic nitrogens is 2. The van der Waals surface area contributed by atoms with Crippen LogP contribution >= 0.6 is 0 Å². The van der Waals surface area contributed by atoms with Crippen molar-refractivity contribution in [3.8, 4) is 0 Å². The molecule has 25 heavy (non-hydrogen) atoms. The van der Waals surface area contributed by atoms with Crippen LogP contribution in [0.25, 0.3) is 10.9 Å². The minimum Gasteiger partial charge on any atom is -0.481 e. The number of carbonyl (C=O) groups excluding carboxylic acids is 1. The van der Waals surface area contributed by atoms with Crippen LogP contribution in [0.1, 0.15) is 16.1 Å². The maximum absolute atomic E-state index is 13.7. The van der Waals surface area contributed by atoms with Gasteiger partial charge in [0, 0.05) is 11.9 Å². The molecule has 128 valence electrons. The summed E-state index contributed by atoms with van der Waals surface area (Å²) in [5.74, 6) is -2.97. The van der Waals surface area contributed by atoms with Crippen LogP contribution in [0.3, 0.4) is 0 Å². The Morgan fingerprint density at radius 1 is 1.16 bits per heavy atom. The number of nitrogens with one attached hydrogen (secondary N) is 2. The molecule has 6 nitrogen and oxygen atoms in total. The van der Waals surface area contributed by atoms with Gasteiger partial charge in [-0.3, -0.25) is 14.7 Å². The highest BCUT2D eigenvalue weighted by atomic mass is 19.1. The van der Waals surface area contributed by atoms with Crippen LogP contribution < -0.4 is 5.32 Å². The van der Waals surface area contributed by atoms with Crippen molar-refractivity contribution in [2.45, 2.75) is 6.42 Å². The smallest absolute Gasteiger partial charge is 0.308 e. The first-order chi connectivity index (χ1) is 12.1. The Hall–Kier alpha value is -3.22. The quantitative estimate of drug-likeness (QED) is 0.641. The van der Waals surface area contributed by atoms with Crippen molar-refractivity contribution in [3.05, 3.63) is 65.6 Å². The second-order valence-electron chi connectivity index (χ2n) is 5.66. The topological polar surface area (TPSA) is 95.1 Å². The van der Waals surface area contributed by atoms with Crippen LogP contribution in [0.2, 0.25) is 0 Å². The first-order valence-corrected chi connectivity index (χ1v) is 7.74. The van der Waals surface area contributed by atoms with E-state index in [-0.39, 0.29) is 18.7 Å². The predicted molar refractivity (Wildman–Crippen MR) is 89.7 cm³/mol. The molecule has 0 radical (unpaired) electrons. The molecular formula is C18H16FN3O3. The molecule has 3 aromatic rings. The molecule has 1 unspecified atom stereocenters. The van der Waals surface area contributed by atoms with Gasteiger partial charge in [-0.2, -0.15) is 5.10 Å². The zero-order chi connectivity index (χ0) is 17.8. The van der Waals surface area contributed by atoms with Crippen LogP contribution in [0.5, 0.6) is 0 Å². The lowest BCUT2D eigenvalue weighted by Crippen LogP contribution is -2.34. The van der Waals surface area contributed by atoms with Gasteiger partial charge in [0.25, 0.3) is 5.91 Å². The maximum Gasteiger partial charge on any atom is 0.308 e. The molecule has 7 heteroatoms. The summed E-state index contributed by atoms with van der Waals surface area (Å²) in [6, 6.07) is 13.1. The number of fused-ring (bicyclic) bond motifs is 1. The number of halogens is 1. The molecule has 1 atom stereocenters. The molecule has 0 aliphatic heterocycles. The third kappa shape index (κ3) is 3.65. The number of hydrogen-bond acceptors (Lipinski definition) is 3. The molecule has 0 bridgehead atoms. The van der Waals surface area contributed by atoms with Crippen LogP contribution in [0.4, 0.5) is 4.39 Å². The molecule has 0 aliphatic rings. The van der Waals surface area contributed by atoms with E-state index < -0.39 is 23.6 Å². The number of rotatable bonds is 6. The fourth-order valence-corrected chi connectivity index (χ4v) is 2.61. The van der Waals surface area contributed by atoms with Crippen LogP contribution in [-0.4, -0.2) is 33.7 Å². The Balaban J connectivity index is 1.70. The molecule has 0 saturated heterocycles. The van der Waals surface area contributed by atoms with Crippen molar-refractivity contribution in [1.29, 1.82) is 0 Å². The van der Waals surface area contributed by atoms with Crippen molar-refractivity contribution in [2.24, 2.45) is 5.92 Å². The number of carboxylic acid groups (broad SMARTS) is 1. The summed E-state index contributed by atoms with van der Waals surface area (Å²) < 4.78 is 13.7. The average molecular weight is 341 g/mol. The Kier molecular flexibility index (Phi) is 4.74. The van der Waals surface area contributed by atoms with Gasteiger partial charge in [0.05, 0.1) is 11.4 Å². The van der Waals surface area contributed by atoms with Crippen molar-refractivity contribution in [3.63, 3.8) is 0 Å². The van der Waals surface area contributed by atoms with E-state index in [2.05, 4.69) is 15.5 Å². The summed E-state index contributed by atoms with van der Waals surface area (Å²) in [4.78, 5) is 23.7. The maximum atomic E-state index is 13.7. The number of H-pyrrole nitrogens is 1. The van der Waals surface area contributed by atoms with E-state index in [0.717, 1.165) is 0 Å². The highest BCUT2D eigenvalue weighted by molar-refractivity contribution is 6.04. The van der Waals surface area contributed by atoms with E-state index in [1.54, 1.807) is 30.3 Å². The van der Waals surface area contributed by atoms with Gasteiger partial charge < -0.3 is 10.4 Å². The summed E-state index contributed by atoms with van der Waals surface area (Å²) in [6.45, 7) is -0.121. The van der Waals surface area contributed by atoms with E-state index in [0.29, 0.717) is 16.5 Å². The van der Waals surface area contributed by atoms with Gasteiger partial charge in [0.15, 0.2) is 5.69 Å². The lowest BCUT2D eigenvalue weighted by Gasteiger charge is -2.13. The van der Waals surface area contributed by atoms with E-state index in [9.17, 15) is 19.1 Å². The summed E-state index contributed by atoms with van der Waals surface area (Å²) in [5, 5.41) is 19.3. The second kappa shape index (κ2) is 7.12. The van der Waals surface area contributed by atoms with Crippen LogP contribution in [0, 0.1) is 11.7 Å². The zero-order valence-electron chi connectivity index (χ0n) is 13.2. The summed E-state index contributed by atoms with van der Waals surface area (Å²) in [5.41, 5.74) is 1.22. The SMILES string of the molecule is O=C(NCC(Cc1ccccc1F)C(=O)O)c1n[nH]c2ccccc12. The van der Waals surface area contributed by atoms with E-state index in [1.807, 2.05) is 6.07 Å². The molecule has 3 rings (SSSR count). The average Bonchev–Trinajstić information content (AvgIpc) is 3.03. The van der Waals surface area contributed by atoms with E-state index in [1.165, 1.54) is 12.1 Å². The summed E-state index contributed by atoms with van der Waals surface area (Å²) in [7, 11) is 0. The molecule has 0 saturated carbocycles. The van der Waals surface area contributed by atoms with E-state index >= 15 is 0 Å². The second-order valence-corrected chi connectivity index (χ2v) is 5.66. The minimum absolute atomic E-state index is 0.0103. The zero-order valence-corrected chi connectivity index (χ0v) is 13.2. The number of nitrogens with zero attached hydrogens (tertiary/aromatic N) is 1. The normalized spacial score (nSPS) is 12.0. The van der Waals surface area contributed by atoms with Crippen molar-refractivity contribution in [1.82, 2.24) is 15.5 Å². The highest BCUT2D eigenvalue weighted by Crippen LogP contribution is 2.16. The number of benzene rings is 2. The third-order valence-electron chi connectivity index (χ3n) is 3.97. The fourth-order valence-electron chi connectivity index (χ4n) is 2.61. The van der Waals surface area contributed by atoms with Crippen molar-refractivity contribution >= 4 is 22.8 Å². The molecule has 0 spiro atoms. The first kappa shape index (κ1) is 16.6. The van der Waals surface area contributed by atoms with Gasteiger partial charge in [0.2, 0.25) is 0 Å². The molecule has 2 aromatic carbocycles. The standard InChI is InChI=1S/C18H16FN3O3/c19-14-7-3-1-5-11(14)9-12(18(24)25)10-20-17(23)16-13-6-2-4-8-15(13)21-22-16/h1-8,12H,9-10H2,(H,20,23)(H,21,22)(H,24,25). The largest absolute Gasteiger partial charge is 0.481 e. The number of aliphatic carboxylic acids is 1. The molecule has 1 amide bonds. The number of hydrogen-bond donors (Lipinski definition) is 3. The Labute approximate surface area is 142 Å². The van der Waals surface area contributed by atoms with Gasteiger partial charge in [-0.1, -0.05) is 36.4 Å². The number of carbonyl (C=O) groups is 2. The lowest BCUT2D eigenvalue weighted by atomic mass is 9.99. The van der Waals surface area contributed by atoms with Gasteiger partial charge in [0.1, 0.15) is 5.82 Å². The predicted octanol–water partition coefficient (Wildman–Crippen LogP) is 2.38. The molecule has 1 heterocycles. The Morgan fingerprint density at radius 3 is 2.64 bits per heavy atom. The van der Waals surface area contributed by atoms with Gasteiger partial charge >= 0.3 is 5.97 Å². The van der Waals surface area contributed by atoms with Crippen LogP contribution in [0.15, 0.2) is 48.5 Å². The molecule has 0 fully saturated rings. The number of amides is 1. The molecule has 3 N–H and O–H groups in total. The van der Waals surface area contributed by atoms with Crippen LogP contribution in [-0.2, 0) is 11.2 Å². The Bertz CT molecular complexity index is 923. The monoisotopic (exact) mass is 341 g/mol. The summed E-state index contributed by atoms with van der Waals surface area (Å²) in [6.07, 6.45) is -0.0103. The first-order valence-electron chi connectivity index (χ1n) is 7.74. The number of aromatic amines is 1. The Morgan fingerprint density at radius 2 is 1.88 bits per heavy atom. The fraction of sp³-hybridized carbons (Fsp3) is 0.167. The lowest BCUT2D eigenvalue weighted by molar-refractivity contribution is -0.141. The molecule has 0 aliphatic carbocycles. The number of para-hydroxylation sites is 1. The van der Waals surface area contributed by atoms with E-state index in [4.69, 9.17) is 0 Å². The highest BCUT2D eigenvalue weighted by Gasteiger charge is 2.22. The van der Waals surface area contributed by atoms with Gasteiger partial charge in [-0.25, -0.2) is 4.39 Å². The van der Waals surface area contributed by atoms with Crippen molar-refractivity contribution in [2.75, 3.05) is 6.54 Å². The minimum atomic E-state index is -1.10.